The predicted octanol–water partition coefficient (Wildman–Crippen LogP) is 2.50. The molecule has 86 valence electrons. The number of hydrogen-bond donors (Lipinski definition) is 2. The minimum Gasteiger partial charge on any atom is -0.336 e. The first-order valence-corrected chi connectivity index (χ1v) is 5.78. The Kier molecular flexibility index (Phi) is 2.25. The Morgan fingerprint density at radius 2 is 1.88 bits per heavy atom. The minimum absolute atomic E-state index is 0.0769. The van der Waals surface area contributed by atoms with Gasteiger partial charge in [-0.05, 0) is 28.8 Å². The number of carbonyl (C=O) groups excluding carboxylic acids is 1. The van der Waals surface area contributed by atoms with Crippen LogP contribution in [0.15, 0.2) is 36.4 Å². The topological polar surface area (TPSA) is 41.1 Å². The van der Waals surface area contributed by atoms with Gasteiger partial charge in [0, 0.05) is 6.54 Å². The van der Waals surface area contributed by atoms with Gasteiger partial charge >= 0.3 is 6.03 Å². The Bertz CT molecular complexity index is 592. The summed E-state index contributed by atoms with van der Waals surface area (Å²) < 4.78 is 0. The normalized spacial score (nSPS) is 19.1. The molecule has 0 spiro atoms. The lowest BCUT2D eigenvalue weighted by Gasteiger charge is -2.13. The van der Waals surface area contributed by atoms with Crippen LogP contribution in [0.25, 0.3) is 10.8 Å². The van der Waals surface area contributed by atoms with Gasteiger partial charge in [-0.3, -0.25) is 0 Å². The van der Waals surface area contributed by atoms with Crippen LogP contribution in [-0.2, 0) is 0 Å². The molecule has 1 fully saturated rings. The maximum absolute atomic E-state index is 11.2. The Hall–Kier alpha value is -2.03. The number of rotatable bonds is 1. The lowest BCUT2D eigenvalue weighted by Crippen LogP contribution is -2.21. The van der Waals surface area contributed by atoms with Crippen molar-refractivity contribution < 1.29 is 4.79 Å². The molecule has 1 heterocycles. The van der Waals surface area contributed by atoms with Gasteiger partial charge in [-0.1, -0.05) is 36.4 Å². The summed E-state index contributed by atoms with van der Waals surface area (Å²) in [5.41, 5.74) is 2.45. The molecule has 2 N–H and O–H groups in total. The quantitative estimate of drug-likeness (QED) is 0.770. The van der Waals surface area contributed by atoms with Gasteiger partial charge < -0.3 is 10.6 Å². The van der Waals surface area contributed by atoms with Crippen LogP contribution in [0.5, 0.6) is 0 Å². The molecule has 2 aromatic carbocycles. The first-order valence-electron chi connectivity index (χ1n) is 5.78. The van der Waals surface area contributed by atoms with Gasteiger partial charge in [0.1, 0.15) is 0 Å². The van der Waals surface area contributed by atoms with E-state index in [1.165, 1.54) is 21.9 Å². The van der Waals surface area contributed by atoms with E-state index in [0.717, 1.165) is 0 Å². The summed E-state index contributed by atoms with van der Waals surface area (Å²) in [7, 11) is 0. The third-order valence-electron chi connectivity index (χ3n) is 3.32. The zero-order valence-electron chi connectivity index (χ0n) is 9.66. The molecule has 0 saturated carbocycles. The highest BCUT2D eigenvalue weighted by Gasteiger charge is 2.23. The third-order valence-corrected chi connectivity index (χ3v) is 3.32. The van der Waals surface area contributed by atoms with Crippen molar-refractivity contribution in [3.05, 3.63) is 47.5 Å². The number of hydrogen-bond acceptors (Lipinski definition) is 1. The monoisotopic (exact) mass is 226 g/mol. The van der Waals surface area contributed by atoms with Crippen molar-refractivity contribution in [1.29, 1.82) is 0 Å². The molecule has 3 rings (SSSR count). The summed E-state index contributed by atoms with van der Waals surface area (Å²) in [6.07, 6.45) is 0. The number of carbonyl (C=O) groups is 1. The second kappa shape index (κ2) is 3.77. The van der Waals surface area contributed by atoms with Crippen LogP contribution < -0.4 is 10.6 Å². The molecule has 1 saturated heterocycles. The average Bonchev–Trinajstić information content (AvgIpc) is 2.77. The molecule has 2 amide bonds. The molecule has 1 aliphatic heterocycles. The zero-order chi connectivity index (χ0) is 11.8. The molecule has 1 aliphatic rings. The van der Waals surface area contributed by atoms with E-state index in [1.54, 1.807) is 0 Å². The Morgan fingerprint density at radius 1 is 1.12 bits per heavy atom. The summed E-state index contributed by atoms with van der Waals surface area (Å²) in [6.45, 7) is 2.77. The maximum atomic E-state index is 11.2. The van der Waals surface area contributed by atoms with Crippen LogP contribution >= 0.6 is 0 Å². The van der Waals surface area contributed by atoms with Gasteiger partial charge in [0.25, 0.3) is 0 Å². The van der Waals surface area contributed by atoms with Crippen molar-refractivity contribution in [1.82, 2.24) is 10.6 Å². The Labute approximate surface area is 99.8 Å². The molecule has 17 heavy (non-hydrogen) atoms. The Morgan fingerprint density at radius 3 is 2.59 bits per heavy atom. The maximum Gasteiger partial charge on any atom is 0.315 e. The molecule has 0 bridgehead atoms. The fourth-order valence-corrected chi connectivity index (χ4v) is 2.42. The van der Waals surface area contributed by atoms with Crippen molar-refractivity contribution >= 4 is 16.8 Å². The number of benzene rings is 2. The molecule has 1 atom stereocenters. The highest BCUT2D eigenvalue weighted by molar-refractivity contribution is 5.90. The molecule has 2 aromatic rings. The van der Waals surface area contributed by atoms with Crippen LogP contribution in [0, 0.1) is 6.92 Å². The van der Waals surface area contributed by atoms with Crippen LogP contribution in [0.2, 0.25) is 0 Å². The summed E-state index contributed by atoms with van der Waals surface area (Å²) in [5.74, 6) is 0. The van der Waals surface area contributed by atoms with E-state index >= 15 is 0 Å². The van der Waals surface area contributed by atoms with Gasteiger partial charge in [-0.25, -0.2) is 4.79 Å². The molecule has 0 unspecified atom stereocenters. The van der Waals surface area contributed by atoms with Crippen LogP contribution in [0.1, 0.15) is 17.2 Å². The van der Waals surface area contributed by atoms with E-state index in [1.807, 2.05) is 12.1 Å². The predicted molar refractivity (Wildman–Crippen MR) is 68.0 cm³/mol. The van der Waals surface area contributed by atoms with E-state index in [4.69, 9.17) is 0 Å². The lowest BCUT2D eigenvalue weighted by atomic mass is 9.96. The summed E-state index contributed by atoms with van der Waals surface area (Å²) in [5, 5.41) is 8.21. The number of aryl methyl sites for hydroxylation is 1. The standard InChI is InChI=1S/C14H14N2O/c1-9-6-7-12(13-8-15-14(17)16-13)11-5-3-2-4-10(9)11/h2-7,13H,8H2,1H3,(H2,15,16,17)/t13-/m0/s1. The molecular weight excluding hydrogens is 212 g/mol. The van der Waals surface area contributed by atoms with Crippen LogP contribution in [-0.4, -0.2) is 12.6 Å². The average molecular weight is 226 g/mol. The zero-order valence-corrected chi connectivity index (χ0v) is 9.66. The molecule has 3 heteroatoms. The second-order valence-corrected chi connectivity index (χ2v) is 4.42. The lowest BCUT2D eigenvalue weighted by molar-refractivity contribution is 0.247. The minimum atomic E-state index is -0.0837. The van der Waals surface area contributed by atoms with Crippen molar-refractivity contribution in [2.45, 2.75) is 13.0 Å². The van der Waals surface area contributed by atoms with E-state index in [2.05, 4.69) is 41.8 Å². The molecular formula is C14H14N2O. The van der Waals surface area contributed by atoms with Crippen molar-refractivity contribution in [2.24, 2.45) is 0 Å². The van der Waals surface area contributed by atoms with Gasteiger partial charge in [-0.2, -0.15) is 0 Å². The van der Waals surface area contributed by atoms with Crippen molar-refractivity contribution in [2.75, 3.05) is 6.54 Å². The van der Waals surface area contributed by atoms with E-state index in [9.17, 15) is 4.79 Å². The molecule has 3 nitrogen and oxygen atoms in total. The summed E-state index contributed by atoms with van der Waals surface area (Å²) >= 11 is 0. The van der Waals surface area contributed by atoms with Gasteiger partial charge in [0.2, 0.25) is 0 Å². The van der Waals surface area contributed by atoms with E-state index in [-0.39, 0.29) is 12.1 Å². The molecule has 0 aliphatic carbocycles. The van der Waals surface area contributed by atoms with Crippen LogP contribution in [0.3, 0.4) is 0 Å². The highest BCUT2D eigenvalue weighted by Crippen LogP contribution is 2.27. The second-order valence-electron chi connectivity index (χ2n) is 4.42. The van der Waals surface area contributed by atoms with E-state index < -0.39 is 0 Å². The highest BCUT2D eigenvalue weighted by atomic mass is 16.2. The number of urea groups is 1. The van der Waals surface area contributed by atoms with Gasteiger partial charge in [0.15, 0.2) is 0 Å². The molecule has 0 aromatic heterocycles. The molecule has 0 radical (unpaired) electrons. The number of amides is 2. The largest absolute Gasteiger partial charge is 0.336 e. The SMILES string of the molecule is Cc1ccc([C@@H]2CNC(=O)N2)c2ccccc12. The fraction of sp³-hybridized carbons (Fsp3) is 0.214. The number of fused-ring (bicyclic) bond motifs is 1. The third kappa shape index (κ3) is 1.64. The van der Waals surface area contributed by atoms with Crippen LogP contribution in [0.4, 0.5) is 4.79 Å². The van der Waals surface area contributed by atoms with Gasteiger partial charge in [0.05, 0.1) is 6.04 Å². The summed E-state index contributed by atoms with van der Waals surface area (Å²) in [4.78, 5) is 11.2. The van der Waals surface area contributed by atoms with Crippen molar-refractivity contribution in [3.8, 4) is 0 Å². The van der Waals surface area contributed by atoms with Crippen molar-refractivity contribution in [3.63, 3.8) is 0 Å². The first-order chi connectivity index (χ1) is 8.25. The Balaban J connectivity index is 2.17. The first kappa shape index (κ1) is 10.1. The van der Waals surface area contributed by atoms with E-state index in [0.29, 0.717) is 6.54 Å². The summed E-state index contributed by atoms with van der Waals surface area (Å²) in [6, 6.07) is 12.5. The fourth-order valence-electron chi connectivity index (χ4n) is 2.42. The smallest absolute Gasteiger partial charge is 0.315 e. The van der Waals surface area contributed by atoms with Gasteiger partial charge in [-0.15, -0.1) is 0 Å². The number of nitrogens with one attached hydrogen (secondary N) is 2.